The van der Waals surface area contributed by atoms with Crippen LogP contribution in [0.25, 0.3) is 0 Å². The summed E-state index contributed by atoms with van der Waals surface area (Å²) in [7, 11) is 0. The van der Waals surface area contributed by atoms with Gasteiger partial charge < -0.3 is 9.42 Å². The molecule has 1 saturated heterocycles. The van der Waals surface area contributed by atoms with Gasteiger partial charge in [0, 0.05) is 37.8 Å². The van der Waals surface area contributed by atoms with Gasteiger partial charge in [-0.25, -0.2) is 0 Å². The van der Waals surface area contributed by atoms with Gasteiger partial charge in [-0.1, -0.05) is 5.16 Å². The van der Waals surface area contributed by atoms with Gasteiger partial charge in [-0.3, -0.25) is 9.69 Å². The van der Waals surface area contributed by atoms with Crippen molar-refractivity contribution in [3.63, 3.8) is 0 Å². The largest absolute Gasteiger partial charge is 0.416 e. The Morgan fingerprint density at radius 1 is 0.966 bits per heavy atom. The Bertz CT molecular complexity index is 850. The monoisotopic (exact) mass is 421 g/mol. The predicted molar refractivity (Wildman–Crippen MR) is 88.9 cm³/mol. The van der Waals surface area contributed by atoms with E-state index in [9.17, 15) is 31.1 Å². The first-order valence-corrected chi connectivity index (χ1v) is 8.67. The van der Waals surface area contributed by atoms with Gasteiger partial charge in [0.2, 0.25) is 0 Å². The standard InChI is InChI=1S/C18H17F6N3O2/c1-11-6-15(29-25-11)10-26-2-4-27(5-3-26)16(28)12-7-13(17(19,20)21)9-14(8-12)18(22,23)24/h6-9H,2-5,10H2,1H3. The lowest BCUT2D eigenvalue weighted by Crippen LogP contribution is -2.48. The first-order valence-electron chi connectivity index (χ1n) is 8.67. The van der Waals surface area contributed by atoms with Crippen molar-refractivity contribution in [3.8, 4) is 0 Å². The van der Waals surface area contributed by atoms with Crippen molar-refractivity contribution in [3.05, 3.63) is 52.4 Å². The van der Waals surface area contributed by atoms with Gasteiger partial charge in [-0.05, 0) is 25.1 Å². The number of carbonyl (C=O) groups excluding carboxylic acids is 1. The van der Waals surface area contributed by atoms with Crippen LogP contribution in [0.15, 0.2) is 28.8 Å². The molecule has 0 N–H and O–H groups in total. The van der Waals surface area contributed by atoms with Crippen LogP contribution in [0.3, 0.4) is 0 Å². The molecule has 158 valence electrons. The number of amides is 1. The number of hydrogen-bond acceptors (Lipinski definition) is 4. The Morgan fingerprint density at radius 3 is 1.97 bits per heavy atom. The fraction of sp³-hybridized carbons (Fsp3) is 0.444. The topological polar surface area (TPSA) is 49.6 Å². The molecule has 0 atom stereocenters. The average Bonchev–Trinajstić information content (AvgIpc) is 3.04. The fourth-order valence-electron chi connectivity index (χ4n) is 3.08. The van der Waals surface area contributed by atoms with E-state index in [2.05, 4.69) is 5.16 Å². The lowest BCUT2D eigenvalue weighted by Gasteiger charge is -2.34. The van der Waals surface area contributed by atoms with Crippen molar-refractivity contribution in [2.45, 2.75) is 25.8 Å². The summed E-state index contributed by atoms with van der Waals surface area (Å²) in [5, 5.41) is 3.77. The minimum atomic E-state index is -5.00. The number of rotatable bonds is 3. The summed E-state index contributed by atoms with van der Waals surface area (Å²) >= 11 is 0. The molecular weight excluding hydrogens is 404 g/mol. The van der Waals surface area contributed by atoms with E-state index in [1.165, 1.54) is 4.90 Å². The number of nitrogens with zero attached hydrogens (tertiary/aromatic N) is 3. The van der Waals surface area contributed by atoms with Crippen molar-refractivity contribution in [1.82, 2.24) is 15.0 Å². The van der Waals surface area contributed by atoms with Crippen molar-refractivity contribution in [2.75, 3.05) is 26.2 Å². The van der Waals surface area contributed by atoms with Gasteiger partial charge in [0.15, 0.2) is 5.76 Å². The van der Waals surface area contributed by atoms with E-state index in [0.29, 0.717) is 37.5 Å². The van der Waals surface area contributed by atoms with Crippen LogP contribution in [0.2, 0.25) is 0 Å². The molecule has 0 bridgehead atoms. The molecule has 0 spiro atoms. The summed E-state index contributed by atoms with van der Waals surface area (Å²) < 4.78 is 83.0. The van der Waals surface area contributed by atoms with E-state index in [4.69, 9.17) is 4.52 Å². The molecule has 3 rings (SSSR count). The van der Waals surface area contributed by atoms with Crippen LogP contribution in [0, 0.1) is 6.92 Å². The minimum Gasteiger partial charge on any atom is -0.360 e. The normalized spacial score (nSPS) is 16.3. The smallest absolute Gasteiger partial charge is 0.360 e. The third-order valence-corrected chi connectivity index (χ3v) is 4.55. The highest BCUT2D eigenvalue weighted by atomic mass is 19.4. The summed E-state index contributed by atoms with van der Waals surface area (Å²) in [5.41, 5.74) is -2.92. The second-order valence-electron chi connectivity index (χ2n) is 6.80. The first-order chi connectivity index (χ1) is 13.4. The highest BCUT2D eigenvalue weighted by molar-refractivity contribution is 5.94. The highest BCUT2D eigenvalue weighted by Crippen LogP contribution is 2.36. The molecule has 0 aliphatic carbocycles. The Balaban J connectivity index is 1.73. The minimum absolute atomic E-state index is 0.00804. The van der Waals surface area contributed by atoms with Crippen molar-refractivity contribution >= 4 is 5.91 Å². The number of halogens is 6. The van der Waals surface area contributed by atoms with E-state index in [1.807, 2.05) is 4.90 Å². The molecule has 0 unspecified atom stereocenters. The summed E-state index contributed by atoms with van der Waals surface area (Å²) in [6.07, 6.45) is -9.99. The van der Waals surface area contributed by atoms with Crippen LogP contribution in [0.5, 0.6) is 0 Å². The summed E-state index contributed by atoms with van der Waals surface area (Å²) in [4.78, 5) is 15.8. The van der Waals surface area contributed by atoms with Gasteiger partial charge in [0.1, 0.15) is 0 Å². The number of hydrogen-bond donors (Lipinski definition) is 0. The van der Waals surface area contributed by atoms with Crippen molar-refractivity contribution in [1.29, 1.82) is 0 Å². The van der Waals surface area contributed by atoms with Crippen LogP contribution >= 0.6 is 0 Å². The second-order valence-corrected chi connectivity index (χ2v) is 6.80. The number of carbonyl (C=O) groups is 1. The lowest BCUT2D eigenvalue weighted by molar-refractivity contribution is -0.143. The predicted octanol–water partition coefficient (Wildman–Crippen LogP) is 3.98. The number of aromatic nitrogens is 1. The molecule has 5 nitrogen and oxygen atoms in total. The Labute approximate surface area is 161 Å². The van der Waals surface area contributed by atoms with Crippen LogP contribution in [-0.2, 0) is 18.9 Å². The molecule has 1 aliphatic heterocycles. The maximum atomic E-state index is 13.0. The van der Waals surface area contributed by atoms with E-state index in [1.54, 1.807) is 13.0 Å². The molecule has 1 fully saturated rings. The van der Waals surface area contributed by atoms with Gasteiger partial charge in [0.25, 0.3) is 5.91 Å². The Morgan fingerprint density at radius 2 is 1.52 bits per heavy atom. The van der Waals surface area contributed by atoms with Gasteiger partial charge >= 0.3 is 12.4 Å². The maximum absolute atomic E-state index is 13.0. The third kappa shape index (κ3) is 5.08. The van der Waals surface area contributed by atoms with Crippen LogP contribution < -0.4 is 0 Å². The zero-order valence-corrected chi connectivity index (χ0v) is 15.3. The second kappa shape index (κ2) is 7.69. The number of alkyl halides is 6. The summed E-state index contributed by atoms with van der Waals surface area (Å²) in [6, 6.07) is 2.69. The SMILES string of the molecule is Cc1cc(CN2CCN(C(=O)c3cc(C(F)(F)F)cc(C(F)(F)F)c3)CC2)on1. The van der Waals surface area contributed by atoms with Crippen LogP contribution in [0.4, 0.5) is 26.3 Å². The Kier molecular flexibility index (Phi) is 5.61. The molecule has 1 aromatic heterocycles. The zero-order chi connectivity index (χ0) is 21.4. The van der Waals surface area contributed by atoms with Crippen molar-refractivity contribution in [2.24, 2.45) is 0 Å². The molecule has 2 heterocycles. The number of benzene rings is 1. The molecule has 2 aromatic rings. The molecular formula is C18H17F6N3O2. The quantitative estimate of drug-likeness (QED) is 0.704. The van der Waals surface area contributed by atoms with Gasteiger partial charge in [0.05, 0.1) is 23.4 Å². The third-order valence-electron chi connectivity index (χ3n) is 4.55. The molecule has 29 heavy (non-hydrogen) atoms. The molecule has 1 aliphatic rings. The van der Waals surface area contributed by atoms with Crippen molar-refractivity contribution < 1.29 is 35.7 Å². The van der Waals surface area contributed by atoms with E-state index >= 15 is 0 Å². The summed E-state index contributed by atoms with van der Waals surface area (Å²) in [6.45, 7) is 3.36. The first kappa shape index (κ1) is 21.2. The van der Waals surface area contributed by atoms with E-state index in [-0.39, 0.29) is 19.2 Å². The average molecular weight is 421 g/mol. The van der Waals surface area contributed by atoms with E-state index < -0.39 is 35.0 Å². The fourth-order valence-corrected chi connectivity index (χ4v) is 3.08. The maximum Gasteiger partial charge on any atom is 0.416 e. The van der Waals surface area contributed by atoms with Crippen LogP contribution in [-0.4, -0.2) is 47.0 Å². The molecule has 0 radical (unpaired) electrons. The number of aryl methyl sites for hydroxylation is 1. The number of piperazine rings is 1. The summed E-state index contributed by atoms with van der Waals surface area (Å²) in [5.74, 6) is -0.230. The zero-order valence-electron chi connectivity index (χ0n) is 15.3. The molecule has 1 amide bonds. The van der Waals surface area contributed by atoms with Crippen LogP contribution in [0.1, 0.15) is 32.9 Å². The lowest BCUT2D eigenvalue weighted by atomic mass is 10.0. The highest BCUT2D eigenvalue weighted by Gasteiger charge is 2.38. The van der Waals surface area contributed by atoms with E-state index in [0.717, 1.165) is 5.69 Å². The van der Waals surface area contributed by atoms with Gasteiger partial charge in [-0.15, -0.1) is 0 Å². The molecule has 0 saturated carbocycles. The molecule has 1 aromatic carbocycles. The molecule has 11 heteroatoms. The Hall–Kier alpha value is -2.56. The van der Waals surface area contributed by atoms with Gasteiger partial charge in [-0.2, -0.15) is 26.3 Å².